The summed E-state index contributed by atoms with van der Waals surface area (Å²) in [6.07, 6.45) is 2.19. The number of hydrogen-bond donors (Lipinski definition) is 1. The quantitative estimate of drug-likeness (QED) is 0.622. The Bertz CT molecular complexity index is 744. The second-order valence-corrected chi connectivity index (χ2v) is 5.46. The Morgan fingerprint density at radius 3 is 2.52 bits per heavy atom. The molecule has 0 spiro atoms. The van der Waals surface area contributed by atoms with E-state index < -0.39 is 17.9 Å². The Kier molecular flexibility index (Phi) is 6.89. The highest BCUT2D eigenvalue weighted by atomic mass is 19.1. The third-order valence-electron chi connectivity index (χ3n) is 3.52. The highest BCUT2D eigenvalue weighted by Gasteiger charge is 2.15. The largest absolute Gasteiger partial charge is 0.449 e. The maximum absolute atomic E-state index is 13.4. The summed E-state index contributed by atoms with van der Waals surface area (Å²) in [5, 5.41) is 2.72. The Morgan fingerprint density at radius 1 is 1.12 bits per heavy atom. The van der Waals surface area contributed by atoms with Crippen LogP contribution >= 0.6 is 0 Å². The van der Waals surface area contributed by atoms with Crippen LogP contribution in [-0.2, 0) is 20.7 Å². The number of carbonyl (C=O) groups is 2. The van der Waals surface area contributed by atoms with Gasteiger partial charge in [-0.3, -0.25) is 4.79 Å². The molecule has 0 aliphatic carbocycles. The molecule has 5 heteroatoms. The maximum atomic E-state index is 13.4. The van der Waals surface area contributed by atoms with Gasteiger partial charge in [0.25, 0.3) is 5.91 Å². The minimum absolute atomic E-state index is 0.277. The standard InChI is InChI=1S/C20H20FNO3/c1-15(20(24)22-14-13-16-7-3-2-4-8-16)25-19(23)12-11-17-9-5-6-10-18(17)21/h2-12,15H,13-14H2,1H3,(H,22,24)/b12-11+/t15-/m0/s1. The zero-order valence-corrected chi connectivity index (χ0v) is 13.9. The van der Waals surface area contributed by atoms with E-state index in [0.717, 1.165) is 11.6 Å². The monoisotopic (exact) mass is 341 g/mol. The van der Waals surface area contributed by atoms with Crippen molar-refractivity contribution in [2.75, 3.05) is 6.54 Å². The Balaban J connectivity index is 1.76. The van der Waals surface area contributed by atoms with E-state index in [1.807, 2.05) is 30.3 Å². The molecule has 2 aromatic carbocycles. The summed E-state index contributed by atoms with van der Waals surface area (Å²) >= 11 is 0. The lowest BCUT2D eigenvalue weighted by atomic mass is 10.1. The van der Waals surface area contributed by atoms with E-state index in [4.69, 9.17) is 4.74 Å². The molecule has 0 bridgehead atoms. The van der Waals surface area contributed by atoms with Crippen LogP contribution in [0.25, 0.3) is 6.08 Å². The van der Waals surface area contributed by atoms with Gasteiger partial charge in [-0.15, -0.1) is 0 Å². The summed E-state index contributed by atoms with van der Waals surface area (Å²) in [6.45, 7) is 1.95. The van der Waals surface area contributed by atoms with Crippen molar-refractivity contribution in [3.05, 3.63) is 77.6 Å². The first-order chi connectivity index (χ1) is 12.1. The topological polar surface area (TPSA) is 55.4 Å². The molecule has 1 amide bonds. The van der Waals surface area contributed by atoms with Crippen molar-refractivity contribution in [1.29, 1.82) is 0 Å². The first-order valence-corrected chi connectivity index (χ1v) is 8.01. The first kappa shape index (κ1) is 18.4. The molecular weight excluding hydrogens is 321 g/mol. The average Bonchev–Trinajstić information content (AvgIpc) is 2.62. The first-order valence-electron chi connectivity index (χ1n) is 8.01. The molecule has 0 saturated heterocycles. The van der Waals surface area contributed by atoms with Crippen molar-refractivity contribution in [2.45, 2.75) is 19.4 Å². The lowest BCUT2D eigenvalue weighted by Crippen LogP contribution is -2.36. The number of halogens is 1. The summed E-state index contributed by atoms with van der Waals surface area (Å²) in [5.41, 5.74) is 1.39. The number of amides is 1. The van der Waals surface area contributed by atoms with Crippen LogP contribution in [0, 0.1) is 5.82 Å². The second-order valence-electron chi connectivity index (χ2n) is 5.46. The van der Waals surface area contributed by atoms with Crippen LogP contribution in [-0.4, -0.2) is 24.5 Å². The number of hydrogen-bond acceptors (Lipinski definition) is 3. The van der Waals surface area contributed by atoms with E-state index in [9.17, 15) is 14.0 Å². The molecule has 0 unspecified atom stereocenters. The normalized spacial score (nSPS) is 11.9. The van der Waals surface area contributed by atoms with Crippen molar-refractivity contribution in [3.8, 4) is 0 Å². The molecule has 0 radical (unpaired) electrons. The van der Waals surface area contributed by atoms with Gasteiger partial charge in [0.2, 0.25) is 0 Å². The van der Waals surface area contributed by atoms with E-state index in [1.165, 1.54) is 19.1 Å². The van der Waals surface area contributed by atoms with E-state index in [-0.39, 0.29) is 11.5 Å². The molecule has 4 nitrogen and oxygen atoms in total. The van der Waals surface area contributed by atoms with Gasteiger partial charge in [0.05, 0.1) is 0 Å². The van der Waals surface area contributed by atoms with Crippen molar-refractivity contribution in [1.82, 2.24) is 5.32 Å². The van der Waals surface area contributed by atoms with Crippen LogP contribution in [0.2, 0.25) is 0 Å². The zero-order chi connectivity index (χ0) is 18.1. The minimum Gasteiger partial charge on any atom is -0.449 e. The van der Waals surface area contributed by atoms with Gasteiger partial charge in [0.15, 0.2) is 6.10 Å². The number of esters is 1. The molecule has 0 saturated carbocycles. The fourth-order valence-corrected chi connectivity index (χ4v) is 2.15. The lowest BCUT2D eigenvalue weighted by Gasteiger charge is -2.12. The van der Waals surface area contributed by atoms with Crippen LogP contribution in [0.15, 0.2) is 60.7 Å². The Morgan fingerprint density at radius 2 is 1.80 bits per heavy atom. The molecule has 130 valence electrons. The van der Waals surface area contributed by atoms with Crippen molar-refractivity contribution in [3.63, 3.8) is 0 Å². The molecule has 2 rings (SSSR count). The van der Waals surface area contributed by atoms with E-state index in [1.54, 1.807) is 18.2 Å². The summed E-state index contributed by atoms with van der Waals surface area (Å²) < 4.78 is 18.5. The van der Waals surface area contributed by atoms with E-state index in [0.29, 0.717) is 13.0 Å². The van der Waals surface area contributed by atoms with E-state index in [2.05, 4.69) is 5.32 Å². The number of rotatable bonds is 7. The highest BCUT2D eigenvalue weighted by molar-refractivity contribution is 5.90. The van der Waals surface area contributed by atoms with Crippen LogP contribution in [0.5, 0.6) is 0 Å². The molecule has 0 aromatic heterocycles. The van der Waals surface area contributed by atoms with Crippen LogP contribution in [0.1, 0.15) is 18.1 Å². The molecule has 1 N–H and O–H groups in total. The molecule has 0 heterocycles. The predicted octanol–water partition coefficient (Wildman–Crippen LogP) is 3.13. The summed E-state index contributed by atoms with van der Waals surface area (Å²) in [4.78, 5) is 23.7. The summed E-state index contributed by atoms with van der Waals surface area (Å²) in [5.74, 6) is -1.50. The molecule has 25 heavy (non-hydrogen) atoms. The van der Waals surface area contributed by atoms with Gasteiger partial charge in [-0.2, -0.15) is 0 Å². The molecule has 0 aliphatic heterocycles. The Hall–Kier alpha value is -2.95. The van der Waals surface area contributed by atoms with Gasteiger partial charge >= 0.3 is 5.97 Å². The van der Waals surface area contributed by atoms with Crippen LogP contribution in [0.4, 0.5) is 4.39 Å². The van der Waals surface area contributed by atoms with Gasteiger partial charge < -0.3 is 10.1 Å². The molecule has 1 atom stereocenters. The number of carbonyl (C=O) groups excluding carboxylic acids is 2. The number of ether oxygens (including phenoxy) is 1. The Labute approximate surface area is 146 Å². The third-order valence-corrected chi connectivity index (χ3v) is 3.52. The summed E-state index contributed by atoms with van der Waals surface area (Å²) in [7, 11) is 0. The third kappa shape index (κ3) is 6.22. The van der Waals surface area contributed by atoms with Gasteiger partial charge in [-0.25, -0.2) is 9.18 Å². The highest BCUT2D eigenvalue weighted by Crippen LogP contribution is 2.08. The number of nitrogens with one attached hydrogen (secondary N) is 1. The zero-order valence-electron chi connectivity index (χ0n) is 13.9. The molecule has 2 aromatic rings. The van der Waals surface area contributed by atoms with Crippen LogP contribution in [0.3, 0.4) is 0 Å². The van der Waals surface area contributed by atoms with Crippen LogP contribution < -0.4 is 5.32 Å². The fraction of sp³-hybridized carbons (Fsp3) is 0.200. The van der Waals surface area contributed by atoms with Gasteiger partial charge in [0.1, 0.15) is 5.82 Å². The maximum Gasteiger partial charge on any atom is 0.331 e. The SMILES string of the molecule is C[C@H](OC(=O)/C=C/c1ccccc1F)C(=O)NCCc1ccccc1. The fourth-order valence-electron chi connectivity index (χ4n) is 2.15. The second kappa shape index (κ2) is 9.37. The average molecular weight is 341 g/mol. The van der Waals surface area contributed by atoms with Crippen molar-refractivity contribution in [2.24, 2.45) is 0 Å². The lowest BCUT2D eigenvalue weighted by molar-refractivity contribution is -0.150. The van der Waals surface area contributed by atoms with Gasteiger partial charge in [0, 0.05) is 18.2 Å². The molecule has 0 fully saturated rings. The smallest absolute Gasteiger partial charge is 0.331 e. The van der Waals surface area contributed by atoms with Gasteiger partial charge in [-0.1, -0.05) is 48.5 Å². The van der Waals surface area contributed by atoms with E-state index >= 15 is 0 Å². The number of benzene rings is 2. The predicted molar refractivity (Wildman–Crippen MR) is 94.1 cm³/mol. The van der Waals surface area contributed by atoms with Crippen molar-refractivity contribution >= 4 is 18.0 Å². The van der Waals surface area contributed by atoms with Crippen molar-refractivity contribution < 1.29 is 18.7 Å². The summed E-state index contributed by atoms with van der Waals surface area (Å²) in [6, 6.07) is 15.8. The molecular formula is C20H20FNO3. The minimum atomic E-state index is -0.923. The molecule has 0 aliphatic rings. The van der Waals surface area contributed by atoms with Gasteiger partial charge in [-0.05, 0) is 31.1 Å².